The second kappa shape index (κ2) is 5.75. The van der Waals surface area contributed by atoms with Crippen LogP contribution in [-0.4, -0.2) is 23.5 Å². The van der Waals surface area contributed by atoms with Crippen LogP contribution in [0, 0.1) is 5.82 Å². The molecule has 3 N–H and O–H groups in total. The summed E-state index contributed by atoms with van der Waals surface area (Å²) in [6, 6.07) is 4.47. The van der Waals surface area contributed by atoms with Crippen molar-refractivity contribution in [2.75, 3.05) is 13.1 Å². The highest BCUT2D eigenvalue weighted by atomic mass is 35.5. The number of hydrogen-bond acceptors (Lipinski definition) is 3. The van der Waals surface area contributed by atoms with Crippen LogP contribution in [0.4, 0.5) is 4.39 Å². The third-order valence-corrected chi connectivity index (χ3v) is 4.30. The minimum absolute atomic E-state index is 0.250. The second-order valence-corrected chi connectivity index (χ2v) is 6.05. The van der Waals surface area contributed by atoms with Crippen molar-refractivity contribution in [3.05, 3.63) is 34.6 Å². The number of halogens is 2. The molecule has 0 amide bonds. The van der Waals surface area contributed by atoms with Crippen LogP contribution in [0.15, 0.2) is 18.2 Å². The van der Waals surface area contributed by atoms with E-state index in [0.717, 1.165) is 13.1 Å². The molecule has 3 nitrogen and oxygen atoms in total. The van der Waals surface area contributed by atoms with Gasteiger partial charge in [0.25, 0.3) is 0 Å². The Kier molecular flexibility index (Phi) is 4.46. The zero-order chi connectivity index (χ0) is 14.0. The van der Waals surface area contributed by atoms with E-state index in [1.165, 1.54) is 18.9 Å². The largest absolute Gasteiger partial charge is 0.296 e. The van der Waals surface area contributed by atoms with E-state index in [0.29, 0.717) is 10.6 Å². The van der Waals surface area contributed by atoms with Crippen LogP contribution < -0.4 is 11.3 Å². The highest BCUT2D eigenvalue weighted by Gasteiger charge is 2.38. The molecule has 5 heteroatoms. The lowest BCUT2D eigenvalue weighted by molar-refractivity contribution is 0.105. The number of rotatable bonds is 4. The van der Waals surface area contributed by atoms with Crippen molar-refractivity contribution in [2.24, 2.45) is 5.84 Å². The maximum Gasteiger partial charge on any atom is 0.129 e. The molecule has 0 radical (unpaired) electrons. The van der Waals surface area contributed by atoms with E-state index in [9.17, 15) is 4.39 Å². The lowest BCUT2D eigenvalue weighted by Gasteiger charge is -2.42. The standard InChI is InChI=1S/C14H21ClFN3/c1-14(2,19-7-3-4-8-19)13(18-17)11-6-5-10(15)9-12(11)16/h5-6,9,13,18H,3-4,7-8,17H2,1-2H3. The van der Waals surface area contributed by atoms with Crippen molar-refractivity contribution in [1.82, 2.24) is 10.3 Å². The fraction of sp³-hybridized carbons (Fsp3) is 0.571. The Morgan fingerprint density at radius 3 is 2.53 bits per heavy atom. The molecular weight excluding hydrogens is 265 g/mol. The molecule has 1 unspecified atom stereocenters. The van der Waals surface area contributed by atoms with Gasteiger partial charge in [0.05, 0.1) is 6.04 Å². The van der Waals surface area contributed by atoms with Crippen LogP contribution in [0.2, 0.25) is 5.02 Å². The molecule has 1 heterocycles. The van der Waals surface area contributed by atoms with Gasteiger partial charge in [-0.1, -0.05) is 17.7 Å². The van der Waals surface area contributed by atoms with Gasteiger partial charge in [-0.25, -0.2) is 4.39 Å². The number of nitrogens with zero attached hydrogens (tertiary/aromatic N) is 1. The molecule has 1 aliphatic rings. The molecule has 0 aromatic heterocycles. The van der Waals surface area contributed by atoms with E-state index in [-0.39, 0.29) is 17.4 Å². The Labute approximate surface area is 118 Å². The van der Waals surface area contributed by atoms with Gasteiger partial charge in [0, 0.05) is 16.1 Å². The van der Waals surface area contributed by atoms with Crippen LogP contribution in [-0.2, 0) is 0 Å². The zero-order valence-electron chi connectivity index (χ0n) is 11.4. The topological polar surface area (TPSA) is 41.3 Å². The Bertz CT molecular complexity index is 444. The summed E-state index contributed by atoms with van der Waals surface area (Å²) in [6.07, 6.45) is 2.37. The molecule has 1 aliphatic heterocycles. The van der Waals surface area contributed by atoms with Crippen molar-refractivity contribution in [2.45, 2.75) is 38.3 Å². The maximum atomic E-state index is 14.1. The van der Waals surface area contributed by atoms with Crippen molar-refractivity contribution >= 4 is 11.6 Å². The summed E-state index contributed by atoms with van der Waals surface area (Å²) in [6.45, 7) is 6.24. The molecule has 1 atom stereocenters. The summed E-state index contributed by atoms with van der Waals surface area (Å²) >= 11 is 5.80. The quantitative estimate of drug-likeness (QED) is 0.660. The van der Waals surface area contributed by atoms with Gasteiger partial charge >= 0.3 is 0 Å². The first-order chi connectivity index (χ1) is 8.96. The summed E-state index contributed by atoms with van der Waals surface area (Å²) in [7, 11) is 0. The van der Waals surface area contributed by atoms with Crippen molar-refractivity contribution in [3.63, 3.8) is 0 Å². The number of hydrazine groups is 1. The summed E-state index contributed by atoms with van der Waals surface area (Å²) in [5, 5.41) is 0.399. The third kappa shape index (κ3) is 2.92. The Hall–Kier alpha value is -0.680. The molecule has 1 saturated heterocycles. The van der Waals surface area contributed by atoms with Crippen molar-refractivity contribution in [1.29, 1.82) is 0 Å². The van der Waals surface area contributed by atoms with Crippen molar-refractivity contribution < 1.29 is 4.39 Å². The Morgan fingerprint density at radius 1 is 1.37 bits per heavy atom. The van der Waals surface area contributed by atoms with Gasteiger partial charge in [0.1, 0.15) is 5.82 Å². The molecule has 2 rings (SSSR count). The molecule has 1 fully saturated rings. The van der Waals surface area contributed by atoms with E-state index >= 15 is 0 Å². The molecule has 1 aromatic carbocycles. The summed E-state index contributed by atoms with van der Waals surface area (Å²) in [5.74, 6) is 5.37. The molecule has 106 valence electrons. The fourth-order valence-corrected chi connectivity index (χ4v) is 3.04. The highest BCUT2D eigenvalue weighted by molar-refractivity contribution is 6.30. The minimum atomic E-state index is -0.317. The zero-order valence-corrected chi connectivity index (χ0v) is 12.2. The van der Waals surface area contributed by atoms with Gasteiger partial charge in [0.2, 0.25) is 0 Å². The van der Waals surface area contributed by atoms with Crippen LogP contribution >= 0.6 is 11.6 Å². The predicted molar refractivity (Wildman–Crippen MR) is 76.4 cm³/mol. The molecule has 0 spiro atoms. The van der Waals surface area contributed by atoms with E-state index in [1.807, 2.05) is 0 Å². The second-order valence-electron chi connectivity index (χ2n) is 5.61. The first-order valence-electron chi connectivity index (χ1n) is 6.63. The highest BCUT2D eigenvalue weighted by Crippen LogP contribution is 2.34. The van der Waals surface area contributed by atoms with E-state index in [2.05, 4.69) is 24.2 Å². The number of hydrogen-bond donors (Lipinski definition) is 2. The van der Waals surface area contributed by atoms with Gasteiger partial charge in [-0.2, -0.15) is 0 Å². The van der Waals surface area contributed by atoms with Gasteiger partial charge in [-0.05, 0) is 51.9 Å². The van der Waals surface area contributed by atoms with Crippen molar-refractivity contribution in [3.8, 4) is 0 Å². The first-order valence-corrected chi connectivity index (χ1v) is 7.00. The predicted octanol–water partition coefficient (Wildman–Crippen LogP) is 2.86. The molecule has 1 aromatic rings. The third-order valence-electron chi connectivity index (χ3n) is 4.07. The summed E-state index contributed by atoms with van der Waals surface area (Å²) < 4.78 is 14.1. The maximum absolute atomic E-state index is 14.1. The Balaban J connectivity index is 2.32. The number of likely N-dealkylation sites (tertiary alicyclic amines) is 1. The summed E-state index contributed by atoms with van der Waals surface area (Å²) in [4.78, 5) is 2.35. The van der Waals surface area contributed by atoms with E-state index < -0.39 is 0 Å². The average molecular weight is 286 g/mol. The number of nitrogens with two attached hydrogens (primary N) is 1. The van der Waals surface area contributed by atoms with Crippen LogP contribution in [0.5, 0.6) is 0 Å². The lowest BCUT2D eigenvalue weighted by atomic mass is 9.87. The van der Waals surface area contributed by atoms with E-state index in [1.54, 1.807) is 12.1 Å². The van der Waals surface area contributed by atoms with E-state index in [4.69, 9.17) is 17.4 Å². The van der Waals surface area contributed by atoms with Crippen LogP contribution in [0.1, 0.15) is 38.3 Å². The molecule has 19 heavy (non-hydrogen) atoms. The number of benzene rings is 1. The van der Waals surface area contributed by atoms with Gasteiger partial charge in [-0.3, -0.25) is 16.2 Å². The van der Waals surface area contributed by atoms with Crippen LogP contribution in [0.25, 0.3) is 0 Å². The summed E-state index contributed by atoms with van der Waals surface area (Å²) in [5.41, 5.74) is 3.08. The first kappa shape index (κ1) is 14.7. The normalized spacial score (nSPS) is 18.8. The smallest absolute Gasteiger partial charge is 0.129 e. The average Bonchev–Trinajstić information content (AvgIpc) is 2.87. The minimum Gasteiger partial charge on any atom is -0.296 e. The lowest BCUT2D eigenvalue weighted by Crippen LogP contribution is -2.53. The van der Waals surface area contributed by atoms with Gasteiger partial charge < -0.3 is 0 Å². The SMILES string of the molecule is CC(C)(C(NN)c1ccc(Cl)cc1F)N1CCCC1. The fourth-order valence-electron chi connectivity index (χ4n) is 2.89. The van der Waals surface area contributed by atoms with Gasteiger partial charge in [-0.15, -0.1) is 0 Å². The molecular formula is C14H21ClFN3. The number of nitrogens with one attached hydrogen (secondary N) is 1. The van der Waals surface area contributed by atoms with Gasteiger partial charge in [0.15, 0.2) is 0 Å². The molecule has 0 saturated carbocycles. The molecule has 0 bridgehead atoms. The Morgan fingerprint density at radius 2 is 2.00 bits per heavy atom. The molecule has 0 aliphatic carbocycles. The monoisotopic (exact) mass is 285 g/mol. The van der Waals surface area contributed by atoms with Crippen LogP contribution in [0.3, 0.4) is 0 Å².